The van der Waals surface area contributed by atoms with Gasteiger partial charge in [-0.25, -0.2) is 13.2 Å². The van der Waals surface area contributed by atoms with Crippen molar-refractivity contribution in [3.8, 4) is 16.9 Å². The summed E-state index contributed by atoms with van der Waals surface area (Å²) in [5.74, 6) is -2.39. The van der Waals surface area contributed by atoms with Crippen LogP contribution in [-0.2, 0) is 6.42 Å². The molecule has 3 aromatic rings. The Morgan fingerprint density at radius 3 is 2.32 bits per heavy atom. The lowest BCUT2D eigenvalue weighted by molar-refractivity contribution is 0.171. The van der Waals surface area contributed by atoms with Gasteiger partial charge < -0.3 is 4.74 Å². The second-order valence-electron chi connectivity index (χ2n) is 6.12. The lowest BCUT2D eigenvalue weighted by atomic mass is 9.94. The van der Waals surface area contributed by atoms with Crippen LogP contribution in [-0.4, -0.2) is 0 Å². The van der Waals surface area contributed by atoms with Crippen molar-refractivity contribution in [2.75, 3.05) is 0 Å². The quantitative estimate of drug-likeness (QED) is 0.533. The molecule has 1 nitrogen and oxygen atoms in total. The summed E-state index contributed by atoms with van der Waals surface area (Å²) in [6.45, 7) is 0. The molecule has 0 radical (unpaired) electrons. The Morgan fingerprint density at radius 2 is 1.52 bits per heavy atom. The third-order valence-corrected chi connectivity index (χ3v) is 4.50. The first kappa shape index (κ1) is 15.8. The van der Waals surface area contributed by atoms with Crippen LogP contribution in [0.5, 0.6) is 5.75 Å². The molecule has 0 saturated heterocycles. The maximum Gasteiger partial charge on any atom is 0.161 e. The van der Waals surface area contributed by atoms with Crippen molar-refractivity contribution in [3.05, 3.63) is 89.2 Å². The smallest absolute Gasteiger partial charge is 0.161 e. The molecule has 1 aliphatic heterocycles. The van der Waals surface area contributed by atoms with Gasteiger partial charge in [0, 0.05) is 11.6 Å². The minimum absolute atomic E-state index is 0.0525. The molecule has 0 spiro atoms. The highest BCUT2D eigenvalue weighted by Gasteiger charge is 2.25. The fraction of sp³-hybridized carbons (Fsp3) is 0.143. The standard InChI is InChI=1S/C21H15F3O/c22-17-12-19(24)18(23)11-16(17)21-9-7-15-10-14(6-8-20(15)25-21)13-4-2-1-3-5-13/h1-6,8,10-12,21H,7,9H2. The summed E-state index contributed by atoms with van der Waals surface area (Å²) in [6.07, 6.45) is 0.567. The van der Waals surface area contributed by atoms with Crippen LogP contribution < -0.4 is 4.74 Å². The van der Waals surface area contributed by atoms with E-state index >= 15 is 0 Å². The molecule has 0 aliphatic carbocycles. The van der Waals surface area contributed by atoms with Gasteiger partial charge in [0.25, 0.3) is 0 Å². The van der Waals surface area contributed by atoms with Crippen molar-refractivity contribution in [1.82, 2.24) is 0 Å². The van der Waals surface area contributed by atoms with E-state index in [1.165, 1.54) is 0 Å². The van der Waals surface area contributed by atoms with Crippen LogP contribution in [0.3, 0.4) is 0 Å². The number of hydrogen-bond donors (Lipinski definition) is 0. The predicted molar refractivity (Wildman–Crippen MR) is 89.9 cm³/mol. The normalized spacial score (nSPS) is 16.2. The fourth-order valence-electron chi connectivity index (χ4n) is 3.20. The highest BCUT2D eigenvalue weighted by molar-refractivity contribution is 5.65. The molecule has 126 valence electrons. The molecule has 0 N–H and O–H groups in total. The minimum atomic E-state index is -1.19. The Bertz CT molecular complexity index is 922. The molecular formula is C21H15F3O. The van der Waals surface area contributed by atoms with Crippen molar-refractivity contribution < 1.29 is 17.9 Å². The van der Waals surface area contributed by atoms with Crippen LogP contribution in [0, 0.1) is 17.5 Å². The van der Waals surface area contributed by atoms with Crippen LogP contribution in [0.1, 0.15) is 23.7 Å². The van der Waals surface area contributed by atoms with E-state index in [1.54, 1.807) is 0 Å². The zero-order chi connectivity index (χ0) is 17.4. The van der Waals surface area contributed by atoms with Gasteiger partial charge in [-0.2, -0.15) is 0 Å². The Balaban J connectivity index is 1.63. The van der Waals surface area contributed by atoms with Crippen LogP contribution >= 0.6 is 0 Å². The Labute approximate surface area is 143 Å². The van der Waals surface area contributed by atoms with Gasteiger partial charge in [0.1, 0.15) is 17.7 Å². The van der Waals surface area contributed by atoms with Crippen molar-refractivity contribution in [3.63, 3.8) is 0 Å². The first-order valence-corrected chi connectivity index (χ1v) is 8.11. The van der Waals surface area contributed by atoms with Gasteiger partial charge in [-0.3, -0.25) is 0 Å². The molecule has 1 heterocycles. The molecule has 25 heavy (non-hydrogen) atoms. The van der Waals surface area contributed by atoms with Crippen molar-refractivity contribution in [2.45, 2.75) is 18.9 Å². The number of rotatable bonds is 2. The van der Waals surface area contributed by atoms with Gasteiger partial charge in [-0.1, -0.05) is 36.4 Å². The summed E-state index contributed by atoms with van der Waals surface area (Å²) < 4.78 is 46.4. The first-order valence-electron chi connectivity index (χ1n) is 8.11. The van der Waals surface area contributed by atoms with Gasteiger partial charge in [-0.15, -0.1) is 0 Å². The summed E-state index contributed by atoms with van der Waals surface area (Å²) in [4.78, 5) is 0. The van der Waals surface area contributed by atoms with E-state index in [4.69, 9.17) is 4.74 Å². The van der Waals surface area contributed by atoms with Crippen molar-refractivity contribution >= 4 is 0 Å². The molecule has 1 atom stereocenters. The summed E-state index contributed by atoms with van der Waals surface area (Å²) in [5, 5.41) is 0. The van der Waals surface area contributed by atoms with Gasteiger partial charge in [0.15, 0.2) is 11.6 Å². The summed E-state index contributed by atoms with van der Waals surface area (Å²) in [6, 6.07) is 17.3. The topological polar surface area (TPSA) is 9.23 Å². The number of aryl methyl sites for hydroxylation is 1. The Morgan fingerprint density at radius 1 is 0.760 bits per heavy atom. The number of halogens is 3. The second kappa shape index (κ2) is 6.28. The van der Waals surface area contributed by atoms with Crippen LogP contribution in [0.15, 0.2) is 60.7 Å². The average molecular weight is 340 g/mol. The second-order valence-corrected chi connectivity index (χ2v) is 6.12. The van der Waals surface area contributed by atoms with Crippen molar-refractivity contribution in [2.24, 2.45) is 0 Å². The monoisotopic (exact) mass is 340 g/mol. The average Bonchev–Trinajstić information content (AvgIpc) is 2.64. The van der Waals surface area contributed by atoms with Crippen molar-refractivity contribution in [1.29, 1.82) is 0 Å². The lowest BCUT2D eigenvalue weighted by Gasteiger charge is -2.27. The maximum atomic E-state index is 14.0. The van der Waals surface area contributed by atoms with Crippen LogP contribution in [0.2, 0.25) is 0 Å². The Kier molecular flexibility index (Phi) is 3.96. The largest absolute Gasteiger partial charge is 0.485 e. The zero-order valence-electron chi connectivity index (χ0n) is 13.3. The van der Waals surface area contributed by atoms with Gasteiger partial charge in [0.05, 0.1) is 0 Å². The molecule has 0 fully saturated rings. The van der Waals surface area contributed by atoms with E-state index in [0.717, 1.165) is 22.8 Å². The molecule has 4 rings (SSSR count). The van der Waals surface area contributed by atoms with E-state index in [2.05, 4.69) is 6.07 Å². The SMILES string of the molecule is Fc1cc(F)c(C2CCc3cc(-c4ccccc4)ccc3O2)cc1F. The number of benzene rings is 3. The third kappa shape index (κ3) is 3.00. The van der Waals surface area contributed by atoms with E-state index in [-0.39, 0.29) is 5.56 Å². The maximum absolute atomic E-state index is 14.0. The number of ether oxygens (including phenoxy) is 1. The predicted octanol–water partition coefficient (Wildman–Crippen LogP) is 5.84. The van der Waals surface area contributed by atoms with E-state index in [1.807, 2.05) is 42.5 Å². The third-order valence-electron chi connectivity index (χ3n) is 4.50. The molecule has 0 bridgehead atoms. The Hall–Kier alpha value is -2.75. The molecule has 0 saturated carbocycles. The van der Waals surface area contributed by atoms with E-state index in [0.29, 0.717) is 24.7 Å². The highest BCUT2D eigenvalue weighted by atomic mass is 19.2. The molecule has 4 heteroatoms. The number of fused-ring (bicyclic) bond motifs is 1. The molecule has 0 amide bonds. The molecule has 1 unspecified atom stereocenters. The summed E-state index contributed by atoms with van der Waals surface area (Å²) in [7, 11) is 0. The highest BCUT2D eigenvalue weighted by Crippen LogP contribution is 2.38. The molecule has 3 aromatic carbocycles. The van der Waals surface area contributed by atoms with Crippen LogP contribution in [0.4, 0.5) is 13.2 Å². The zero-order valence-corrected chi connectivity index (χ0v) is 13.3. The summed E-state index contributed by atoms with van der Waals surface area (Å²) in [5.41, 5.74) is 3.27. The molecule has 0 aromatic heterocycles. The lowest BCUT2D eigenvalue weighted by Crippen LogP contribution is -2.17. The first-order chi connectivity index (χ1) is 12.1. The minimum Gasteiger partial charge on any atom is -0.485 e. The fourth-order valence-corrected chi connectivity index (χ4v) is 3.20. The number of hydrogen-bond acceptors (Lipinski definition) is 1. The van der Waals surface area contributed by atoms with Crippen LogP contribution in [0.25, 0.3) is 11.1 Å². The van der Waals surface area contributed by atoms with E-state index < -0.39 is 23.6 Å². The molecule has 1 aliphatic rings. The summed E-state index contributed by atoms with van der Waals surface area (Å²) >= 11 is 0. The van der Waals surface area contributed by atoms with Gasteiger partial charge >= 0.3 is 0 Å². The van der Waals surface area contributed by atoms with E-state index in [9.17, 15) is 13.2 Å². The van der Waals surface area contributed by atoms with Gasteiger partial charge in [0.2, 0.25) is 0 Å². The molecular weight excluding hydrogens is 325 g/mol. The van der Waals surface area contributed by atoms with Gasteiger partial charge in [-0.05, 0) is 47.7 Å².